The summed E-state index contributed by atoms with van der Waals surface area (Å²) in [6.07, 6.45) is 2.68. The van der Waals surface area contributed by atoms with E-state index in [2.05, 4.69) is 12.2 Å². The highest BCUT2D eigenvalue weighted by molar-refractivity contribution is 6.35. The van der Waals surface area contributed by atoms with Gasteiger partial charge in [-0.2, -0.15) is 0 Å². The summed E-state index contributed by atoms with van der Waals surface area (Å²) in [5.41, 5.74) is -1.03. The number of hydrogen-bond acceptors (Lipinski definition) is 5. The van der Waals surface area contributed by atoms with E-state index in [0.717, 1.165) is 12.8 Å². The highest BCUT2D eigenvalue weighted by Crippen LogP contribution is 2.32. The fourth-order valence-electron chi connectivity index (χ4n) is 3.48. The van der Waals surface area contributed by atoms with E-state index in [-0.39, 0.29) is 6.54 Å². The average molecular weight is 353 g/mol. The molecule has 1 aliphatic carbocycles. The minimum absolute atomic E-state index is 0.226. The number of amides is 3. The smallest absolute Gasteiger partial charge is 0.331 e. The molecule has 2 rings (SSSR count). The summed E-state index contributed by atoms with van der Waals surface area (Å²) in [7, 11) is 1.31. The van der Waals surface area contributed by atoms with Crippen LogP contribution in [0.1, 0.15) is 39.5 Å². The molecule has 140 valence electrons. The van der Waals surface area contributed by atoms with Crippen molar-refractivity contribution in [2.45, 2.75) is 45.1 Å². The first-order chi connectivity index (χ1) is 11.8. The third kappa shape index (κ3) is 4.11. The molecule has 0 unspecified atom stereocenters. The average Bonchev–Trinajstić information content (AvgIpc) is 2.60. The van der Waals surface area contributed by atoms with Gasteiger partial charge in [-0.1, -0.05) is 6.92 Å². The second-order valence-electron chi connectivity index (χ2n) is 6.92. The van der Waals surface area contributed by atoms with E-state index in [1.54, 1.807) is 6.92 Å². The third-order valence-corrected chi connectivity index (χ3v) is 5.20. The van der Waals surface area contributed by atoms with Crippen LogP contribution in [-0.4, -0.2) is 72.3 Å². The fraction of sp³-hybridized carbons (Fsp3) is 0.765. The van der Waals surface area contributed by atoms with Crippen molar-refractivity contribution in [2.75, 3.05) is 33.3 Å². The number of hydrogen-bond donors (Lipinski definition) is 1. The first-order valence-electron chi connectivity index (χ1n) is 8.80. The lowest BCUT2D eigenvalue weighted by atomic mass is 9.77. The van der Waals surface area contributed by atoms with Gasteiger partial charge in [-0.15, -0.1) is 0 Å². The van der Waals surface area contributed by atoms with Crippen LogP contribution in [0.15, 0.2) is 0 Å². The monoisotopic (exact) mass is 353 g/mol. The molecular formula is C17H27N3O5. The molecule has 0 atom stereocenters. The van der Waals surface area contributed by atoms with Crippen molar-refractivity contribution in [1.29, 1.82) is 0 Å². The number of carbonyl (C=O) groups is 4. The number of methoxy groups -OCH3 is 1. The van der Waals surface area contributed by atoms with Crippen LogP contribution in [0.25, 0.3) is 0 Å². The third-order valence-electron chi connectivity index (χ3n) is 5.20. The van der Waals surface area contributed by atoms with Gasteiger partial charge >= 0.3 is 17.8 Å². The van der Waals surface area contributed by atoms with Crippen LogP contribution in [0, 0.1) is 5.92 Å². The van der Waals surface area contributed by atoms with Crippen molar-refractivity contribution in [2.24, 2.45) is 5.92 Å². The Hall–Kier alpha value is -2.12. The van der Waals surface area contributed by atoms with Gasteiger partial charge in [-0.25, -0.2) is 4.79 Å². The van der Waals surface area contributed by atoms with Gasteiger partial charge in [-0.05, 0) is 38.5 Å². The molecule has 8 heteroatoms. The zero-order chi connectivity index (χ0) is 18.6. The quantitative estimate of drug-likeness (QED) is 0.551. The van der Waals surface area contributed by atoms with E-state index in [0.29, 0.717) is 38.4 Å². The van der Waals surface area contributed by atoms with Gasteiger partial charge in [0, 0.05) is 19.6 Å². The van der Waals surface area contributed by atoms with E-state index in [4.69, 9.17) is 4.74 Å². The predicted molar refractivity (Wildman–Crippen MR) is 89.4 cm³/mol. The van der Waals surface area contributed by atoms with Crippen molar-refractivity contribution < 1.29 is 23.9 Å². The molecule has 0 bridgehead atoms. The number of esters is 1. The molecule has 3 amide bonds. The molecular weight excluding hydrogens is 326 g/mol. The van der Waals surface area contributed by atoms with Gasteiger partial charge in [0.05, 0.1) is 7.11 Å². The summed E-state index contributed by atoms with van der Waals surface area (Å²) in [5, 5.41) is 2.78. The summed E-state index contributed by atoms with van der Waals surface area (Å²) < 4.78 is 4.89. The molecule has 2 fully saturated rings. The normalized spacial score (nSPS) is 27.2. The minimum Gasteiger partial charge on any atom is -0.467 e. The summed E-state index contributed by atoms with van der Waals surface area (Å²) in [5.74, 6) is -1.66. The number of carbonyl (C=O) groups excluding carboxylic acids is 4. The highest BCUT2D eigenvalue weighted by atomic mass is 16.5. The molecule has 8 nitrogen and oxygen atoms in total. The SMILES string of the molecule is CCN1CCN(CC(=O)NC2(C(=O)OC)CCC(C)CC2)C(=O)C1=O. The molecule has 25 heavy (non-hydrogen) atoms. The second-order valence-corrected chi connectivity index (χ2v) is 6.92. The van der Waals surface area contributed by atoms with E-state index in [9.17, 15) is 19.2 Å². The number of likely N-dealkylation sites (N-methyl/N-ethyl adjacent to an activating group) is 1. The lowest BCUT2D eigenvalue weighted by Crippen LogP contribution is -2.61. The zero-order valence-corrected chi connectivity index (χ0v) is 15.2. The molecule has 1 N–H and O–H groups in total. The maximum atomic E-state index is 12.5. The predicted octanol–water partition coefficient (Wildman–Crippen LogP) is -0.0848. The van der Waals surface area contributed by atoms with Gasteiger partial charge in [0.1, 0.15) is 12.1 Å². The minimum atomic E-state index is -1.03. The summed E-state index contributed by atoms with van der Waals surface area (Å²) >= 11 is 0. The van der Waals surface area contributed by atoms with E-state index in [1.807, 2.05) is 0 Å². The van der Waals surface area contributed by atoms with E-state index >= 15 is 0 Å². The Balaban J connectivity index is 2.01. The Morgan fingerprint density at radius 3 is 2.28 bits per heavy atom. The van der Waals surface area contributed by atoms with Crippen molar-refractivity contribution in [3.05, 3.63) is 0 Å². The van der Waals surface area contributed by atoms with Gasteiger partial charge in [0.2, 0.25) is 5.91 Å². The summed E-state index contributed by atoms with van der Waals surface area (Å²) in [4.78, 5) is 51.4. The number of rotatable bonds is 5. The van der Waals surface area contributed by atoms with Crippen LogP contribution in [0.2, 0.25) is 0 Å². The first-order valence-corrected chi connectivity index (χ1v) is 8.80. The lowest BCUT2D eigenvalue weighted by molar-refractivity contribution is -0.158. The van der Waals surface area contributed by atoms with Gasteiger partial charge < -0.3 is 19.9 Å². The molecule has 0 radical (unpaired) electrons. The Labute approximate surface area is 147 Å². The van der Waals surface area contributed by atoms with Gasteiger partial charge in [0.25, 0.3) is 0 Å². The van der Waals surface area contributed by atoms with Crippen LogP contribution in [0.3, 0.4) is 0 Å². The summed E-state index contributed by atoms with van der Waals surface area (Å²) in [6.45, 7) is 4.88. The standard InChI is InChI=1S/C17H27N3O5/c1-4-19-9-10-20(15(23)14(19)22)11-13(21)18-17(16(24)25-3)7-5-12(2)6-8-17/h12H,4-11H2,1-3H3,(H,18,21). The van der Waals surface area contributed by atoms with Crippen LogP contribution in [0.5, 0.6) is 0 Å². The number of piperazine rings is 1. The van der Waals surface area contributed by atoms with Crippen molar-refractivity contribution in [1.82, 2.24) is 15.1 Å². The van der Waals surface area contributed by atoms with Crippen molar-refractivity contribution >= 4 is 23.7 Å². The maximum Gasteiger partial charge on any atom is 0.331 e. The largest absolute Gasteiger partial charge is 0.467 e. The summed E-state index contributed by atoms with van der Waals surface area (Å²) in [6, 6.07) is 0. The Morgan fingerprint density at radius 2 is 1.72 bits per heavy atom. The topological polar surface area (TPSA) is 96.0 Å². The molecule has 0 aromatic carbocycles. The lowest BCUT2D eigenvalue weighted by Gasteiger charge is -2.38. The number of ether oxygens (including phenoxy) is 1. The van der Waals surface area contributed by atoms with Crippen LogP contribution >= 0.6 is 0 Å². The molecule has 1 aliphatic heterocycles. The Kier molecular flexibility index (Phi) is 6.02. The molecule has 0 spiro atoms. The molecule has 0 aromatic heterocycles. The number of nitrogens with zero attached hydrogens (tertiary/aromatic N) is 2. The Bertz CT molecular complexity index is 554. The highest BCUT2D eigenvalue weighted by Gasteiger charge is 2.44. The Morgan fingerprint density at radius 1 is 1.16 bits per heavy atom. The van der Waals surface area contributed by atoms with Crippen LogP contribution in [0.4, 0.5) is 0 Å². The molecule has 1 heterocycles. The zero-order valence-electron chi connectivity index (χ0n) is 15.2. The van der Waals surface area contributed by atoms with Crippen molar-refractivity contribution in [3.8, 4) is 0 Å². The van der Waals surface area contributed by atoms with Crippen LogP contribution < -0.4 is 5.32 Å². The molecule has 1 saturated carbocycles. The fourth-order valence-corrected chi connectivity index (χ4v) is 3.48. The maximum absolute atomic E-state index is 12.5. The number of nitrogens with one attached hydrogen (secondary N) is 1. The molecule has 1 saturated heterocycles. The van der Waals surface area contributed by atoms with Crippen molar-refractivity contribution in [3.63, 3.8) is 0 Å². The first kappa shape index (κ1) is 19.2. The van der Waals surface area contributed by atoms with Gasteiger partial charge in [-0.3, -0.25) is 14.4 Å². The molecule has 0 aromatic rings. The molecule has 2 aliphatic rings. The van der Waals surface area contributed by atoms with Gasteiger partial charge in [0.15, 0.2) is 0 Å². The van der Waals surface area contributed by atoms with E-state index in [1.165, 1.54) is 16.9 Å². The van der Waals surface area contributed by atoms with E-state index < -0.39 is 29.2 Å². The second kappa shape index (κ2) is 7.84. The van der Waals surface area contributed by atoms with Crippen LogP contribution in [-0.2, 0) is 23.9 Å².